The molecule has 2 aliphatic heterocycles. The van der Waals surface area contributed by atoms with E-state index in [0.717, 1.165) is 43.4 Å². The second-order valence-electron chi connectivity index (χ2n) is 7.15. The van der Waals surface area contributed by atoms with Gasteiger partial charge in [-0.25, -0.2) is 4.98 Å². The summed E-state index contributed by atoms with van der Waals surface area (Å²) in [5.41, 5.74) is 2.20. The summed E-state index contributed by atoms with van der Waals surface area (Å²) in [7, 11) is 0. The van der Waals surface area contributed by atoms with Crippen molar-refractivity contribution < 1.29 is 14.6 Å². The van der Waals surface area contributed by atoms with Gasteiger partial charge in [0.15, 0.2) is 0 Å². The van der Waals surface area contributed by atoms with Crippen LogP contribution in [-0.2, 0) is 4.74 Å². The fraction of sp³-hybridized carbons (Fsp3) is 0.500. The molecular weight excluding hydrogens is 344 g/mol. The Kier molecular flexibility index (Phi) is 5.40. The van der Waals surface area contributed by atoms with Crippen molar-refractivity contribution in [1.29, 1.82) is 0 Å². The quantitative estimate of drug-likeness (QED) is 0.771. The zero-order chi connectivity index (χ0) is 18.6. The molecule has 0 spiro atoms. The first-order valence-corrected chi connectivity index (χ1v) is 9.51. The molecule has 1 aromatic heterocycles. The minimum atomic E-state index is 0.0472. The van der Waals surface area contributed by atoms with Gasteiger partial charge < -0.3 is 24.8 Å². The third-order valence-electron chi connectivity index (χ3n) is 4.94. The summed E-state index contributed by atoms with van der Waals surface area (Å²) in [6.07, 6.45) is 1.14. The molecule has 1 atom stereocenters. The highest BCUT2D eigenvalue weighted by Gasteiger charge is 2.31. The highest BCUT2D eigenvalue weighted by atomic mass is 16.5. The average Bonchev–Trinajstić information content (AvgIpc) is 3.17. The largest absolute Gasteiger partial charge is 0.487 e. The molecule has 2 saturated heterocycles. The Morgan fingerprint density at radius 1 is 1.30 bits per heavy atom. The fourth-order valence-corrected chi connectivity index (χ4v) is 3.42. The van der Waals surface area contributed by atoms with Gasteiger partial charge in [0.05, 0.1) is 32.0 Å². The molecule has 27 heavy (non-hydrogen) atoms. The number of anilines is 2. The van der Waals surface area contributed by atoms with E-state index in [1.165, 1.54) is 5.56 Å². The maximum Gasteiger partial charge on any atom is 0.224 e. The van der Waals surface area contributed by atoms with Crippen LogP contribution in [0.3, 0.4) is 0 Å². The first kappa shape index (κ1) is 18.0. The number of ether oxygens (including phenoxy) is 2. The summed E-state index contributed by atoms with van der Waals surface area (Å²) in [5.74, 6) is 2.68. The molecule has 4 rings (SSSR count). The molecule has 2 aromatic rings. The second-order valence-corrected chi connectivity index (χ2v) is 7.15. The summed E-state index contributed by atoms with van der Waals surface area (Å²) in [6, 6.07) is 10.2. The maximum atomic E-state index is 9.07. The summed E-state index contributed by atoms with van der Waals surface area (Å²) in [5, 5.41) is 12.2. The van der Waals surface area contributed by atoms with Gasteiger partial charge in [0.1, 0.15) is 17.7 Å². The fourth-order valence-electron chi connectivity index (χ4n) is 3.42. The highest BCUT2D eigenvalue weighted by Crippen LogP contribution is 2.29. The predicted molar refractivity (Wildman–Crippen MR) is 104 cm³/mol. The normalized spacial score (nSPS) is 19.8. The number of nitrogens with one attached hydrogen (secondary N) is 1. The van der Waals surface area contributed by atoms with E-state index in [1.54, 1.807) is 0 Å². The van der Waals surface area contributed by atoms with E-state index in [-0.39, 0.29) is 12.7 Å². The zero-order valence-corrected chi connectivity index (χ0v) is 15.6. The highest BCUT2D eigenvalue weighted by molar-refractivity contribution is 5.48. The number of aromatic nitrogens is 2. The molecule has 3 heterocycles. The van der Waals surface area contributed by atoms with Gasteiger partial charge in [-0.1, -0.05) is 12.1 Å². The standard InChI is InChI=1S/C20H26N4O3/c1-14-3-2-4-16(9-14)27-17-11-24(12-17)19-10-18(15-5-8-26-13-15)22-20(23-19)21-6-7-25/h2-4,9-10,15,17,25H,5-8,11-13H2,1H3,(H,21,22,23). The van der Waals surface area contributed by atoms with Crippen molar-refractivity contribution in [2.45, 2.75) is 25.4 Å². The number of aliphatic hydroxyl groups excluding tert-OH is 1. The Balaban J connectivity index is 1.44. The van der Waals surface area contributed by atoms with Crippen LogP contribution in [0.1, 0.15) is 23.6 Å². The van der Waals surface area contributed by atoms with Crippen LogP contribution >= 0.6 is 0 Å². The van der Waals surface area contributed by atoms with E-state index in [4.69, 9.17) is 14.6 Å². The van der Waals surface area contributed by atoms with Gasteiger partial charge in [0, 0.05) is 25.1 Å². The van der Waals surface area contributed by atoms with E-state index < -0.39 is 0 Å². The Hall–Kier alpha value is -2.38. The van der Waals surface area contributed by atoms with Gasteiger partial charge in [0.25, 0.3) is 0 Å². The van der Waals surface area contributed by atoms with Crippen LogP contribution in [0.25, 0.3) is 0 Å². The minimum Gasteiger partial charge on any atom is -0.487 e. The van der Waals surface area contributed by atoms with Gasteiger partial charge in [0.2, 0.25) is 5.95 Å². The summed E-state index contributed by atoms with van der Waals surface area (Å²) < 4.78 is 11.6. The topological polar surface area (TPSA) is 79.7 Å². The number of rotatable bonds is 7. The first-order chi connectivity index (χ1) is 13.2. The monoisotopic (exact) mass is 370 g/mol. The van der Waals surface area contributed by atoms with Crippen LogP contribution in [-0.4, -0.2) is 60.6 Å². The number of aliphatic hydroxyl groups is 1. The van der Waals surface area contributed by atoms with Gasteiger partial charge in [-0.15, -0.1) is 0 Å². The molecule has 2 N–H and O–H groups in total. The van der Waals surface area contributed by atoms with E-state index >= 15 is 0 Å². The van der Waals surface area contributed by atoms with E-state index in [0.29, 0.717) is 25.0 Å². The van der Waals surface area contributed by atoms with Crippen molar-refractivity contribution in [3.05, 3.63) is 41.6 Å². The molecule has 2 aliphatic rings. The molecule has 0 bridgehead atoms. The lowest BCUT2D eigenvalue weighted by molar-refractivity contribution is 0.166. The van der Waals surface area contributed by atoms with Crippen LogP contribution in [0.5, 0.6) is 5.75 Å². The molecule has 144 valence electrons. The summed E-state index contributed by atoms with van der Waals surface area (Å²) in [6.45, 7) is 5.62. The molecule has 2 fully saturated rings. The van der Waals surface area contributed by atoms with Crippen molar-refractivity contribution in [2.24, 2.45) is 0 Å². The molecule has 1 aromatic carbocycles. The molecule has 7 heteroatoms. The molecule has 1 unspecified atom stereocenters. The van der Waals surface area contributed by atoms with Crippen LogP contribution in [0.4, 0.5) is 11.8 Å². The van der Waals surface area contributed by atoms with Crippen LogP contribution in [0, 0.1) is 6.92 Å². The molecular formula is C20H26N4O3. The lowest BCUT2D eigenvalue weighted by atomic mass is 10.0. The van der Waals surface area contributed by atoms with Crippen molar-refractivity contribution in [3.63, 3.8) is 0 Å². The smallest absolute Gasteiger partial charge is 0.224 e. The summed E-state index contributed by atoms with van der Waals surface area (Å²) >= 11 is 0. The molecule has 7 nitrogen and oxygen atoms in total. The Labute approximate surface area is 159 Å². The second kappa shape index (κ2) is 8.10. The average molecular weight is 370 g/mol. The van der Waals surface area contributed by atoms with Crippen molar-refractivity contribution in [2.75, 3.05) is 49.7 Å². The number of hydrogen-bond acceptors (Lipinski definition) is 7. The third kappa shape index (κ3) is 4.31. The van der Waals surface area contributed by atoms with Crippen LogP contribution < -0.4 is 15.0 Å². The van der Waals surface area contributed by atoms with E-state index in [2.05, 4.69) is 45.3 Å². The Bertz CT molecular complexity index is 774. The van der Waals surface area contributed by atoms with E-state index in [9.17, 15) is 0 Å². The van der Waals surface area contributed by atoms with Crippen LogP contribution in [0.2, 0.25) is 0 Å². The van der Waals surface area contributed by atoms with Crippen molar-refractivity contribution in [3.8, 4) is 5.75 Å². The number of benzene rings is 1. The third-order valence-corrected chi connectivity index (χ3v) is 4.94. The van der Waals surface area contributed by atoms with Gasteiger partial charge >= 0.3 is 0 Å². The van der Waals surface area contributed by atoms with Gasteiger partial charge in [-0.3, -0.25) is 0 Å². The van der Waals surface area contributed by atoms with Crippen molar-refractivity contribution in [1.82, 2.24) is 9.97 Å². The number of aryl methyl sites for hydroxylation is 1. The minimum absolute atomic E-state index is 0.0472. The lowest BCUT2D eigenvalue weighted by Crippen LogP contribution is -2.54. The van der Waals surface area contributed by atoms with Gasteiger partial charge in [-0.2, -0.15) is 4.98 Å². The van der Waals surface area contributed by atoms with Gasteiger partial charge in [-0.05, 0) is 31.0 Å². The number of nitrogens with zero attached hydrogens (tertiary/aromatic N) is 3. The SMILES string of the molecule is Cc1cccc(OC2CN(c3cc(C4CCOC4)nc(NCCO)n3)C2)c1. The molecule has 0 aliphatic carbocycles. The van der Waals surface area contributed by atoms with Crippen molar-refractivity contribution >= 4 is 11.8 Å². The molecule has 0 radical (unpaired) electrons. The van der Waals surface area contributed by atoms with E-state index in [1.807, 2.05) is 12.1 Å². The maximum absolute atomic E-state index is 9.07. The van der Waals surface area contributed by atoms with Crippen LogP contribution in [0.15, 0.2) is 30.3 Å². The summed E-state index contributed by atoms with van der Waals surface area (Å²) in [4.78, 5) is 11.4. The Morgan fingerprint density at radius 2 is 2.19 bits per heavy atom. The first-order valence-electron chi connectivity index (χ1n) is 9.51. The molecule has 0 saturated carbocycles. The predicted octanol–water partition coefficient (Wildman–Crippen LogP) is 1.96. The molecule has 0 amide bonds. The Morgan fingerprint density at radius 3 is 2.93 bits per heavy atom. The number of hydrogen-bond donors (Lipinski definition) is 2. The lowest BCUT2D eigenvalue weighted by Gasteiger charge is -2.40. The zero-order valence-electron chi connectivity index (χ0n) is 15.6.